The lowest BCUT2D eigenvalue weighted by Gasteiger charge is -2.09. The number of benzene rings is 3. The summed E-state index contributed by atoms with van der Waals surface area (Å²) in [5, 5.41) is 2.75. The second-order valence-electron chi connectivity index (χ2n) is 5.83. The van der Waals surface area contributed by atoms with Crippen molar-refractivity contribution in [2.24, 2.45) is 5.73 Å². The molecular weight excluding hydrogens is 355 g/mol. The summed E-state index contributed by atoms with van der Waals surface area (Å²) in [4.78, 5) is 11.9. The van der Waals surface area contributed by atoms with Crippen molar-refractivity contribution in [1.82, 2.24) is 4.57 Å². The first kappa shape index (κ1) is 16.0. The standard InChI is InChI=1S/C20H13Cl2N2O/c21-15-9-8-12(10-16(15)22)11-24-17-6-2-1-4-13(17)19-14(20(23)25)5-3-7-18(19)24/h1-3,5-10H,11H2,(H2,23,25). The molecule has 5 heteroatoms. The van der Waals surface area contributed by atoms with Gasteiger partial charge in [-0.05, 0) is 42.0 Å². The van der Waals surface area contributed by atoms with Crippen molar-refractivity contribution in [2.45, 2.75) is 6.54 Å². The highest BCUT2D eigenvalue weighted by Crippen LogP contribution is 2.32. The molecule has 0 saturated carbocycles. The van der Waals surface area contributed by atoms with Crippen LogP contribution in [0.2, 0.25) is 10.0 Å². The van der Waals surface area contributed by atoms with Crippen LogP contribution >= 0.6 is 23.2 Å². The number of carbonyl (C=O) groups excluding carboxylic acids is 1. The van der Waals surface area contributed by atoms with Crippen LogP contribution in [0.1, 0.15) is 15.9 Å². The van der Waals surface area contributed by atoms with E-state index in [0.29, 0.717) is 22.2 Å². The maximum atomic E-state index is 11.9. The average molecular weight is 368 g/mol. The van der Waals surface area contributed by atoms with E-state index in [2.05, 4.69) is 10.6 Å². The van der Waals surface area contributed by atoms with Gasteiger partial charge in [0.1, 0.15) is 0 Å². The monoisotopic (exact) mass is 367 g/mol. The zero-order valence-corrected chi connectivity index (χ0v) is 14.6. The third kappa shape index (κ3) is 2.66. The van der Waals surface area contributed by atoms with Crippen molar-refractivity contribution >= 4 is 50.9 Å². The predicted octanol–water partition coefficient (Wildman–Crippen LogP) is 5.05. The maximum absolute atomic E-state index is 11.9. The largest absolute Gasteiger partial charge is 0.366 e. The second kappa shape index (κ2) is 6.10. The van der Waals surface area contributed by atoms with Crippen molar-refractivity contribution in [3.8, 4) is 0 Å². The van der Waals surface area contributed by atoms with Crippen LogP contribution in [-0.2, 0) is 6.54 Å². The zero-order valence-electron chi connectivity index (χ0n) is 13.1. The molecule has 2 N–H and O–H groups in total. The minimum atomic E-state index is -0.448. The number of nitrogens with zero attached hydrogens (tertiary/aromatic N) is 1. The lowest BCUT2D eigenvalue weighted by atomic mass is 10.1. The van der Waals surface area contributed by atoms with Gasteiger partial charge in [0.2, 0.25) is 5.91 Å². The van der Waals surface area contributed by atoms with Crippen LogP contribution in [-0.4, -0.2) is 10.5 Å². The lowest BCUT2D eigenvalue weighted by Crippen LogP contribution is -2.11. The van der Waals surface area contributed by atoms with Crippen molar-refractivity contribution < 1.29 is 4.79 Å². The fraction of sp³-hybridized carbons (Fsp3) is 0.0500. The van der Waals surface area contributed by atoms with Gasteiger partial charge in [0.15, 0.2) is 0 Å². The first-order valence-electron chi connectivity index (χ1n) is 7.71. The number of halogens is 2. The number of amides is 1. The molecule has 1 aromatic heterocycles. The highest BCUT2D eigenvalue weighted by molar-refractivity contribution is 6.42. The van der Waals surface area contributed by atoms with Crippen LogP contribution in [0.5, 0.6) is 0 Å². The number of rotatable bonds is 3. The van der Waals surface area contributed by atoms with Crippen LogP contribution in [0, 0.1) is 6.07 Å². The third-order valence-corrected chi connectivity index (χ3v) is 5.04. The summed E-state index contributed by atoms with van der Waals surface area (Å²) in [6.45, 7) is 0.594. The SMILES string of the molecule is NC(=O)c1cccc2c1c1[c]cccc1n2Cc1ccc(Cl)c(Cl)c1. The van der Waals surface area contributed by atoms with Crippen molar-refractivity contribution in [3.63, 3.8) is 0 Å². The van der Waals surface area contributed by atoms with E-state index < -0.39 is 5.91 Å². The normalized spacial score (nSPS) is 11.3. The molecule has 4 aromatic rings. The summed E-state index contributed by atoms with van der Waals surface area (Å²) in [5.74, 6) is -0.448. The van der Waals surface area contributed by atoms with E-state index in [1.54, 1.807) is 12.1 Å². The molecule has 0 spiro atoms. The van der Waals surface area contributed by atoms with Crippen molar-refractivity contribution in [2.75, 3.05) is 0 Å². The Labute approximate surface area is 154 Å². The van der Waals surface area contributed by atoms with Crippen molar-refractivity contribution in [1.29, 1.82) is 0 Å². The van der Waals surface area contributed by atoms with E-state index in [1.165, 1.54) is 0 Å². The quantitative estimate of drug-likeness (QED) is 0.541. The van der Waals surface area contributed by atoms with Gasteiger partial charge in [0, 0.05) is 22.9 Å². The molecule has 0 fully saturated rings. The molecule has 0 unspecified atom stereocenters. The molecule has 123 valence electrons. The highest BCUT2D eigenvalue weighted by atomic mass is 35.5. The van der Waals surface area contributed by atoms with Gasteiger partial charge in [-0.15, -0.1) is 0 Å². The van der Waals surface area contributed by atoms with Gasteiger partial charge in [0.05, 0.1) is 21.1 Å². The molecule has 0 aliphatic carbocycles. The van der Waals surface area contributed by atoms with Gasteiger partial charge in [-0.25, -0.2) is 0 Å². The maximum Gasteiger partial charge on any atom is 0.249 e. The van der Waals surface area contributed by atoms with Crippen LogP contribution in [0.4, 0.5) is 0 Å². The number of nitrogens with two attached hydrogens (primary N) is 1. The second-order valence-corrected chi connectivity index (χ2v) is 6.64. The summed E-state index contributed by atoms with van der Waals surface area (Å²) in [6, 6.07) is 20.2. The van der Waals surface area contributed by atoms with Gasteiger partial charge in [-0.1, -0.05) is 47.5 Å². The molecule has 25 heavy (non-hydrogen) atoms. The van der Waals surface area contributed by atoms with Crippen molar-refractivity contribution in [3.05, 3.63) is 81.8 Å². The number of carbonyl (C=O) groups is 1. The molecular formula is C20H13Cl2N2O. The molecule has 4 rings (SSSR count). The fourth-order valence-corrected chi connectivity index (χ4v) is 3.53. The zero-order chi connectivity index (χ0) is 17.6. The Hall–Kier alpha value is -2.49. The predicted molar refractivity (Wildman–Crippen MR) is 102 cm³/mol. The Balaban J connectivity index is 2.00. The lowest BCUT2D eigenvalue weighted by molar-refractivity contribution is 0.100. The Morgan fingerprint density at radius 1 is 1.04 bits per heavy atom. The van der Waals surface area contributed by atoms with E-state index >= 15 is 0 Å². The molecule has 0 bridgehead atoms. The Morgan fingerprint density at radius 3 is 2.60 bits per heavy atom. The summed E-state index contributed by atoms with van der Waals surface area (Å²) in [6.07, 6.45) is 0. The van der Waals surface area contributed by atoms with E-state index in [0.717, 1.165) is 27.4 Å². The molecule has 3 aromatic carbocycles. The topological polar surface area (TPSA) is 48.0 Å². The first-order valence-corrected chi connectivity index (χ1v) is 8.47. The first-order chi connectivity index (χ1) is 12.1. The number of hydrogen-bond acceptors (Lipinski definition) is 1. The number of aromatic nitrogens is 1. The third-order valence-electron chi connectivity index (χ3n) is 4.30. The molecule has 3 nitrogen and oxygen atoms in total. The van der Waals surface area contributed by atoms with Gasteiger partial charge < -0.3 is 10.3 Å². The molecule has 0 aliphatic rings. The van der Waals surface area contributed by atoms with Crippen LogP contribution < -0.4 is 5.73 Å². The van der Waals surface area contributed by atoms with E-state index in [9.17, 15) is 4.79 Å². The molecule has 0 atom stereocenters. The molecule has 1 radical (unpaired) electrons. The highest BCUT2D eigenvalue weighted by Gasteiger charge is 2.16. The van der Waals surface area contributed by atoms with Gasteiger partial charge in [-0.3, -0.25) is 4.79 Å². The number of hydrogen-bond donors (Lipinski definition) is 1. The van der Waals surface area contributed by atoms with E-state index in [1.807, 2.05) is 42.5 Å². The van der Waals surface area contributed by atoms with Gasteiger partial charge in [0.25, 0.3) is 0 Å². The summed E-state index contributed by atoms with van der Waals surface area (Å²) >= 11 is 12.2. The minimum Gasteiger partial charge on any atom is -0.366 e. The summed E-state index contributed by atoms with van der Waals surface area (Å²) < 4.78 is 2.13. The fourth-order valence-electron chi connectivity index (χ4n) is 3.21. The minimum absolute atomic E-state index is 0.448. The number of fused-ring (bicyclic) bond motifs is 3. The van der Waals surface area contributed by atoms with Crippen LogP contribution in [0.25, 0.3) is 21.8 Å². The molecule has 0 aliphatic heterocycles. The average Bonchev–Trinajstić information content (AvgIpc) is 2.92. The van der Waals surface area contributed by atoms with E-state index in [-0.39, 0.29) is 0 Å². The summed E-state index contributed by atoms with van der Waals surface area (Å²) in [7, 11) is 0. The summed E-state index contributed by atoms with van der Waals surface area (Å²) in [5.41, 5.74) is 9.00. The Kier molecular flexibility index (Phi) is 3.91. The Bertz CT molecular complexity index is 1130. The van der Waals surface area contributed by atoms with Gasteiger partial charge >= 0.3 is 0 Å². The smallest absolute Gasteiger partial charge is 0.249 e. The van der Waals surface area contributed by atoms with Gasteiger partial charge in [-0.2, -0.15) is 0 Å². The van der Waals surface area contributed by atoms with Crippen LogP contribution in [0.3, 0.4) is 0 Å². The molecule has 1 heterocycles. The molecule has 1 amide bonds. The van der Waals surface area contributed by atoms with E-state index in [4.69, 9.17) is 28.9 Å². The number of primary amides is 1. The van der Waals surface area contributed by atoms with Crippen LogP contribution in [0.15, 0.2) is 54.6 Å². The Morgan fingerprint density at radius 2 is 1.84 bits per heavy atom. The molecule has 0 saturated heterocycles.